The van der Waals surface area contributed by atoms with Crippen LogP contribution < -0.4 is 10.5 Å². The van der Waals surface area contributed by atoms with Crippen LogP contribution in [0.25, 0.3) is 10.8 Å². The first-order valence-electron chi connectivity index (χ1n) is 17.8. The van der Waals surface area contributed by atoms with Crippen molar-refractivity contribution in [3.05, 3.63) is 87.5 Å². The number of phenolic OH excluding ortho intramolecular Hbond substituents is 1. The number of non-ortho nitro benzene ring substituents is 1. The molecule has 0 aliphatic carbocycles. The summed E-state index contributed by atoms with van der Waals surface area (Å²) in [5.74, 6) is -3.33. The molecule has 0 fully saturated rings. The zero-order valence-corrected chi connectivity index (χ0v) is 38.9. The van der Waals surface area contributed by atoms with Gasteiger partial charge in [-0.15, -0.1) is 20.5 Å². The number of ether oxygens (including phenoxy) is 1. The van der Waals surface area contributed by atoms with Gasteiger partial charge in [-0.1, -0.05) is 6.07 Å². The third-order valence-corrected chi connectivity index (χ3v) is 14.4. The number of benzene rings is 5. The molecule has 0 amide bonds. The maximum Gasteiger partial charge on any atom is 0.299 e. The number of nitro groups is 1. The summed E-state index contributed by atoms with van der Waals surface area (Å²) >= 11 is 0. The second-order valence-electron chi connectivity index (χ2n) is 13.4. The third kappa shape index (κ3) is 11.7. The van der Waals surface area contributed by atoms with Crippen LogP contribution in [0.2, 0.25) is 0 Å². The lowest BCUT2D eigenvalue weighted by Crippen LogP contribution is -2.07. The van der Waals surface area contributed by atoms with Crippen LogP contribution in [-0.4, -0.2) is 89.7 Å². The van der Waals surface area contributed by atoms with Crippen LogP contribution in [-0.2, 0) is 74.6 Å². The third-order valence-electron chi connectivity index (χ3n) is 9.05. The molecule has 5 N–H and O–H groups in total. The summed E-state index contributed by atoms with van der Waals surface area (Å²) in [6, 6.07) is 9.84. The van der Waals surface area contributed by atoms with E-state index in [2.05, 4.69) is 39.1 Å². The maximum absolute atomic E-state index is 13.4. The molecule has 0 aliphatic heterocycles. The van der Waals surface area contributed by atoms with E-state index in [-0.39, 0.29) is 33.9 Å². The van der Waals surface area contributed by atoms with Gasteiger partial charge in [-0.3, -0.25) is 31.8 Å². The number of hydrogen-bond donors (Lipinski definition) is 4. The summed E-state index contributed by atoms with van der Waals surface area (Å²) in [6.45, 7) is 1.50. The fourth-order valence-electron chi connectivity index (χ4n) is 5.93. The Bertz CT molecular complexity index is 3530. The molecule has 0 aromatic heterocycles. The van der Waals surface area contributed by atoms with E-state index in [4.69, 9.17) is 14.7 Å². The number of nitro benzene ring substituents is 1. The first-order chi connectivity index (χ1) is 31.1. The van der Waals surface area contributed by atoms with Crippen molar-refractivity contribution < 1.29 is 78.5 Å². The van der Waals surface area contributed by atoms with Gasteiger partial charge in [0, 0.05) is 29.1 Å². The molecule has 0 radical (unpaired) electrons. The number of aryl methyl sites for hydroxylation is 1. The number of azo groups is 3. The van der Waals surface area contributed by atoms with E-state index in [1.165, 1.54) is 26.2 Å². The van der Waals surface area contributed by atoms with Crippen LogP contribution in [0.1, 0.15) is 16.7 Å². The van der Waals surface area contributed by atoms with Gasteiger partial charge in [0.25, 0.3) is 56.3 Å². The SMILES string of the molecule is COc1cc(N=Nc2cc(CS(=O)(=O)O)ccc2S(=O)(=O)OC)c(C)cc1N=Nc1cc(S(=O)(=O)OC)c2cc(S(=O)(=O)OC)c(N=Nc3ccc([N+](=O)[O-])cc3CS(=O)(=O)O)c(O)c2c1N. The van der Waals surface area contributed by atoms with Crippen molar-refractivity contribution in [3.63, 3.8) is 0 Å². The van der Waals surface area contributed by atoms with Gasteiger partial charge in [0.2, 0.25) is 0 Å². The van der Waals surface area contributed by atoms with E-state index in [1.807, 2.05) is 0 Å². The highest BCUT2D eigenvalue weighted by Gasteiger charge is 2.31. The number of rotatable bonds is 18. The van der Waals surface area contributed by atoms with Crippen molar-refractivity contribution in [3.8, 4) is 11.5 Å². The number of aromatic hydroxyl groups is 1. The number of nitrogens with zero attached hydrogens (tertiary/aromatic N) is 7. The van der Waals surface area contributed by atoms with Crippen LogP contribution in [0.3, 0.4) is 0 Å². The lowest BCUT2D eigenvalue weighted by Gasteiger charge is -2.16. The molecule has 0 heterocycles. The van der Waals surface area contributed by atoms with Crippen LogP contribution in [0, 0.1) is 17.0 Å². The van der Waals surface area contributed by atoms with Crippen LogP contribution in [0.4, 0.5) is 45.5 Å². The summed E-state index contributed by atoms with van der Waals surface area (Å²) in [5.41, 5.74) is 2.70. The summed E-state index contributed by atoms with van der Waals surface area (Å²) < 4.78 is 163. The Morgan fingerprint density at radius 3 is 1.75 bits per heavy atom. The highest BCUT2D eigenvalue weighted by atomic mass is 32.2. The second-order valence-corrected chi connectivity index (χ2v) is 21.3. The van der Waals surface area contributed by atoms with Gasteiger partial charge < -0.3 is 15.6 Å². The lowest BCUT2D eigenvalue weighted by molar-refractivity contribution is -0.384. The standard InChI is InChI=1S/C35H34N8O19S5/c1-18-10-25(28(59-2)14-24(18)38-40-26-11-19(16-63(47,48)49)6-9-29(26)65(53,54)60-3)39-41-27-15-30(66(55,56)61-4)22-13-31(67(57,58)62-5)34(35(44)32(22)33(27)36)42-37-23-8-7-21(43(45)46)12-20(23)17-64(50,51)52/h6-15,44H,16-17,36H2,1-5H3,(H,47,48,49)(H,50,51,52). The Labute approximate surface area is 380 Å². The van der Waals surface area contributed by atoms with Gasteiger partial charge in [0.1, 0.15) is 54.7 Å². The van der Waals surface area contributed by atoms with Crippen molar-refractivity contribution in [2.75, 3.05) is 34.2 Å². The summed E-state index contributed by atoms with van der Waals surface area (Å²) in [7, 11) is -20.0. The molecule has 0 bridgehead atoms. The van der Waals surface area contributed by atoms with E-state index in [9.17, 15) is 66.4 Å². The van der Waals surface area contributed by atoms with Crippen molar-refractivity contribution >= 4 is 107 Å². The molecule has 32 heteroatoms. The number of nitrogens with two attached hydrogens (primary N) is 1. The molecular weight excluding hydrogens is 997 g/mol. The molecular formula is C35H34N8O19S5. The first kappa shape index (κ1) is 51.5. The minimum Gasteiger partial charge on any atom is -0.505 e. The topological polar surface area (TPSA) is 412 Å². The maximum atomic E-state index is 13.4. The molecule has 27 nitrogen and oxygen atoms in total. The molecule has 5 rings (SSSR count). The number of hydrogen-bond acceptors (Lipinski definition) is 24. The fraction of sp³-hybridized carbons (Fsp3) is 0.200. The van der Waals surface area contributed by atoms with Crippen molar-refractivity contribution in [1.82, 2.24) is 0 Å². The molecule has 0 atom stereocenters. The van der Waals surface area contributed by atoms with Crippen molar-refractivity contribution in [2.45, 2.75) is 33.1 Å². The van der Waals surface area contributed by atoms with E-state index in [0.29, 0.717) is 13.2 Å². The average molecular weight is 1030 g/mol. The smallest absolute Gasteiger partial charge is 0.299 e. The summed E-state index contributed by atoms with van der Waals surface area (Å²) in [5, 5.41) is 45.7. The van der Waals surface area contributed by atoms with E-state index >= 15 is 0 Å². The Balaban J connectivity index is 1.70. The fourth-order valence-corrected chi connectivity index (χ4v) is 9.61. The van der Waals surface area contributed by atoms with Gasteiger partial charge in [0.05, 0.1) is 55.8 Å². The normalized spacial score (nSPS) is 13.1. The molecule has 0 saturated carbocycles. The van der Waals surface area contributed by atoms with Crippen LogP contribution in [0.5, 0.6) is 11.5 Å². The van der Waals surface area contributed by atoms with Gasteiger partial charge in [-0.05, 0) is 54.4 Å². The number of fused-ring (bicyclic) bond motifs is 1. The first-order valence-corrected chi connectivity index (χ1v) is 25.3. The van der Waals surface area contributed by atoms with E-state index in [1.54, 1.807) is 0 Å². The molecule has 67 heavy (non-hydrogen) atoms. The van der Waals surface area contributed by atoms with Crippen molar-refractivity contribution in [1.29, 1.82) is 0 Å². The second kappa shape index (κ2) is 19.4. The van der Waals surface area contributed by atoms with Gasteiger partial charge in [-0.25, -0.2) is 0 Å². The molecule has 358 valence electrons. The van der Waals surface area contributed by atoms with Gasteiger partial charge in [0.15, 0.2) is 5.75 Å². The van der Waals surface area contributed by atoms with Crippen molar-refractivity contribution in [2.24, 2.45) is 30.7 Å². The zero-order valence-electron chi connectivity index (χ0n) is 34.8. The quantitative estimate of drug-likeness (QED) is 0.0185. The molecule has 0 saturated heterocycles. The van der Waals surface area contributed by atoms with Gasteiger partial charge >= 0.3 is 0 Å². The number of nitrogen functional groups attached to an aromatic ring is 1. The number of methoxy groups -OCH3 is 1. The number of phenols is 1. The largest absolute Gasteiger partial charge is 0.505 e. The van der Waals surface area contributed by atoms with E-state index < -0.39 is 132 Å². The predicted molar refractivity (Wildman–Crippen MR) is 233 cm³/mol. The van der Waals surface area contributed by atoms with Gasteiger partial charge in [-0.2, -0.15) is 52.3 Å². The minimum absolute atomic E-state index is 0.0442. The molecule has 5 aromatic carbocycles. The van der Waals surface area contributed by atoms with E-state index in [0.717, 1.165) is 56.7 Å². The predicted octanol–water partition coefficient (Wildman–Crippen LogP) is 6.38. The molecule has 0 aliphatic rings. The monoisotopic (exact) mass is 1030 g/mol. The highest BCUT2D eigenvalue weighted by molar-refractivity contribution is 7.87. The Morgan fingerprint density at radius 1 is 0.612 bits per heavy atom. The highest BCUT2D eigenvalue weighted by Crippen LogP contribution is 2.49. The molecule has 5 aromatic rings. The average Bonchev–Trinajstić information content (AvgIpc) is 3.24. The lowest BCUT2D eigenvalue weighted by atomic mass is 10.0. The Kier molecular flexibility index (Phi) is 14.9. The Morgan fingerprint density at radius 2 is 1.16 bits per heavy atom. The molecule has 0 unspecified atom stereocenters. The molecule has 0 spiro atoms. The Hall–Kier alpha value is -6.49. The summed E-state index contributed by atoms with van der Waals surface area (Å²) in [6.07, 6.45) is 0. The zero-order chi connectivity index (χ0) is 50.0. The van der Waals surface area contributed by atoms with Crippen LogP contribution in [0.15, 0.2) is 106 Å². The number of anilines is 1. The van der Waals surface area contributed by atoms with Crippen LogP contribution >= 0.6 is 0 Å². The summed E-state index contributed by atoms with van der Waals surface area (Å²) in [4.78, 5) is 8.17. The minimum atomic E-state index is -4.95.